The van der Waals surface area contributed by atoms with E-state index in [1.807, 2.05) is 13.0 Å². The smallest absolute Gasteiger partial charge is 0.377 e. The van der Waals surface area contributed by atoms with Gasteiger partial charge >= 0.3 is 5.97 Å². The summed E-state index contributed by atoms with van der Waals surface area (Å²) in [6, 6.07) is 1.88. The highest BCUT2D eigenvalue weighted by atomic mass is 28.4. The van der Waals surface area contributed by atoms with E-state index in [1.165, 1.54) is 14.2 Å². The van der Waals surface area contributed by atoms with E-state index in [9.17, 15) is 4.79 Å². The molecule has 0 N–H and O–H groups in total. The third kappa shape index (κ3) is 8.70. The summed E-state index contributed by atoms with van der Waals surface area (Å²) in [6.45, 7) is 18.8. The lowest BCUT2D eigenvalue weighted by atomic mass is 10.1. The molecule has 0 heterocycles. The molecule has 34 heavy (non-hydrogen) atoms. The van der Waals surface area contributed by atoms with Crippen molar-refractivity contribution < 1.29 is 32.6 Å². The molecule has 7 nitrogen and oxygen atoms in total. The maximum Gasteiger partial charge on any atom is 0.377 e. The highest BCUT2D eigenvalue weighted by Crippen LogP contribution is 2.47. The Labute approximate surface area is 210 Å². The highest BCUT2D eigenvalue weighted by molar-refractivity contribution is 6.71. The Balaban J connectivity index is 3.80. The van der Waals surface area contributed by atoms with Gasteiger partial charge in [-0.05, 0) is 70.2 Å². The summed E-state index contributed by atoms with van der Waals surface area (Å²) < 4.78 is 35.7. The molecule has 0 amide bonds. The number of benzene rings is 1. The Bertz CT molecular complexity index is 884. The number of ether oxygens (including phenoxy) is 4. The van der Waals surface area contributed by atoms with Crippen LogP contribution in [0.4, 0.5) is 0 Å². The van der Waals surface area contributed by atoms with Gasteiger partial charge in [-0.2, -0.15) is 0 Å². The van der Waals surface area contributed by atoms with E-state index >= 15 is 0 Å². The second kappa shape index (κ2) is 12.2. The first kappa shape index (κ1) is 30.1. The lowest BCUT2D eigenvalue weighted by Crippen LogP contribution is -2.33. The molecule has 0 fully saturated rings. The molecule has 0 spiro atoms. The summed E-state index contributed by atoms with van der Waals surface area (Å²) >= 11 is 0. The lowest BCUT2D eigenvalue weighted by molar-refractivity contribution is -0.144. The van der Waals surface area contributed by atoms with Crippen LogP contribution in [0.1, 0.15) is 31.4 Å². The summed E-state index contributed by atoms with van der Waals surface area (Å²) in [7, 11) is 1.20. The van der Waals surface area contributed by atoms with Crippen LogP contribution in [0.2, 0.25) is 39.3 Å². The summed E-state index contributed by atoms with van der Waals surface area (Å²) in [5.41, 5.74) is 1.27. The molecule has 1 rings (SSSR count). The lowest BCUT2D eigenvalue weighted by Gasteiger charge is -2.29. The van der Waals surface area contributed by atoms with Crippen LogP contribution >= 0.6 is 0 Å². The number of methoxy groups -OCH3 is 3. The number of carbonyl (C=O) groups excluding carboxylic acids is 1. The minimum Gasteiger partial charge on any atom is -0.542 e. The quantitative estimate of drug-likeness (QED) is 0.169. The van der Waals surface area contributed by atoms with E-state index in [0.717, 1.165) is 22.2 Å². The first-order valence-electron chi connectivity index (χ1n) is 11.7. The molecule has 1 aromatic rings. The largest absolute Gasteiger partial charge is 0.542 e. The Kier molecular flexibility index (Phi) is 10.8. The molecule has 0 aliphatic carbocycles. The molecule has 0 aliphatic rings. The summed E-state index contributed by atoms with van der Waals surface area (Å²) in [5.74, 6) is 1.71. The Morgan fingerprint density at radius 1 is 0.912 bits per heavy atom. The molecule has 1 aromatic carbocycles. The number of aryl methyl sites for hydroxylation is 1. The highest BCUT2D eigenvalue weighted by Gasteiger charge is 2.32. The van der Waals surface area contributed by atoms with E-state index in [4.69, 9.17) is 27.8 Å². The molecule has 1 atom stereocenters. The molecule has 0 bridgehead atoms. The average molecular weight is 529 g/mol. The number of hydrogen-bond donors (Lipinski definition) is 0. The minimum atomic E-state index is -2.06. The van der Waals surface area contributed by atoms with Gasteiger partial charge in [0.25, 0.3) is 0 Å². The molecule has 0 aliphatic heterocycles. The van der Waals surface area contributed by atoms with Crippen LogP contribution in [0.25, 0.3) is 5.76 Å². The Morgan fingerprint density at radius 2 is 1.44 bits per heavy atom. The molecule has 0 saturated heterocycles. The van der Waals surface area contributed by atoms with Crippen LogP contribution in [0.15, 0.2) is 11.8 Å². The van der Waals surface area contributed by atoms with Gasteiger partial charge in [-0.15, -0.1) is 0 Å². The van der Waals surface area contributed by atoms with E-state index in [1.54, 1.807) is 7.11 Å². The van der Waals surface area contributed by atoms with Gasteiger partial charge in [0.1, 0.15) is 0 Å². The van der Waals surface area contributed by atoms with Crippen molar-refractivity contribution in [2.75, 3.05) is 21.3 Å². The third-order valence-corrected chi connectivity index (χ3v) is 6.89. The fraction of sp³-hybridized carbons (Fsp3) is 0.625. The number of hydrogen-bond acceptors (Lipinski definition) is 7. The van der Waals surface area contributed by atoms with E-state index in [-0.39, 0.29) is 17.2 Å². The summed E-state index contributed by atoms with van der Waals surface area (Å²) in [5, 5.41) is 0. The first-order chi connectivity index (χ1) is 15.5. The van der Waals surface area contributed by atoms with Gasteiger partial charge in [-0.1, -0.05) is 13.8 Å². The zero-order valence-corrected chi connectivity index (χ0v) is 27.3. The van der Waals surface area contributed by atoms with Crippen LogP contribution in [-0.4, -0.2) is 59.9 Å². The normalized spacial score (nSPS) is 13.8. The second-order valence-corrected chi connectivity index (χ2v) is 20.9. The standard InChI is InChI=1S/C24H44O7Si3/c1-15(2)13-18(32)29-24(25)23(28-6)21(27-5)17-14-16(3)19(30-33(7,8)9)22(20(17)26-4)31-34(10,11)12/h14-15,18H,13H2,1-12,32H3. The number of esters is 1. The van der Waals surface area contributed by atoms with Crippen molar-refractivity contribution in [1.29, 1.82) is 0 Å². The first-order valence-corrected chi connectivity index (χ1v) is 19.6. The van der Waals surface area contributed by atoms with Gasteiger partial charge in [0.2, 0.25) is 22.4 Å². The molecule has 1 unspecified atom stereocenters. The molecular formula is C24H44O7Si3. The Hall–Kier alpha value is -1.92. The van der Waals surface area contributed by atoms with Crippen molar-refractivity contribution in [3.8, 4) is 17.2 Å². The predicted octanol–water partition coefficient (Wildman–Crippen LogP) is 4.67. The minimum absolute atomic E-state index is 0.0115. The van der Waals surface area contributed by atoms with Crippen LogP contribution in [0.3, 0.4) is 0 Å². The number of rotatable bonds is 12. The van der Waals surface area contributed by atoms with Crippen molar-refractivity contribution in [3.63, 3.8) is 0 Å². The summed E-state index contributed by atoms with van der Waals surface area (Å²) in [6.07, 6.45) is 0.802. The van der Waals surface area contributed by atoms with Gasteiger partial charge < -0.3 is 27.8 Å². The topological polar surface area (TPSA) is 72.5 Å². The maximum absolute atomic E-state index is 13.0. The van der Waals surface area contributed by atoms with Crippen molar-refractivity contribution in [2.24, 2.45) is 5.92 Å². The average Bonchev–Trinajstić information content (AvgIpc) is 2.65. The van der Waals surface area contributed by atoms with Gasteiger partial charge in [-0.25, -0.2) is 4.79 Å². The third-order valence-electron chi connectivity index (χ3n) is 4.55. The Morgan fingerprint density at radius 3 is 1.85 bits per heavy atom. The van der Waals surface area contributed by atoms with Gasteiger partial charge in [0, 0.05) is 0 Å². The zero-order chi connectivity index (χ0) is 26.4. The van der Waals surface area contributed by atoms with Crippen molar-refractivity contribution >= 4 is 38.6 Å². The van der Waals surface area contributed by atoms with E-state index in [2.05, 4.69) is 53.1 Å². The molecule has 0 radical (unpaired) electrons. The molecular weight excluding hydrogens is 485 g/mol. The second-order valence-electron chi connectivity index (χ2n) is 10.8. The van der Waals surface area contributed by atoms with Crippen molar-refractivity contribution in [1.82, 2.24) is 0 Å². The van der Waals surface area contributed by atoms with Gasteiger partial charge in [-0.3, -0.25) is 0 Å². The SMILES string of the molecule is COC(C(=O)OC([SiH3])CC(C)C)=C(OC)c1cc(C)c(O[Si](C)(C)C)c(O[Si](C)(C)C)c1OC. The van der Waals surface area contributed by atoms with Gasteiger partial charge in [0.15, 0.2) is 23.0 Å². The van der Waals surface area contributed by atoms with Crippen molar-refractivity contribution in [2.45, 2.75) is 72.2 Å². The molecule has 194 valence electrons. The maximum atomic E-state index is 13.0. The fourth-order valence-corrected chi connectivity index (χ4v) is 6.32. The zero-order valence-electron chi connectivity index (χ0n) is 23.3. The number of carbonyl (C=O) groups is 1. The monoisotopic (exact) mass is 528 g/mol. The van der Waals surface area contributed by atoms with E-state index in [0.29, 0.717) is 28.7 Å². The van der Waals surface area contributed by atoms with Crippen LogP contribution in [0.5, 0.6) is 17.2 Å². The molecule has 0 aromatic heterocycles. The van der Waals surface area contributed by atoms with Crippen LogP contribution in [0, 0.1) is 12.8 Å². The van der Waals surface area contributed by atoms with Crippen molar-refractivity contribution in [3.05, 3.63) is 23.0 Å². The fourth-order valence-electron chi connectivity index (χ4n) is 3.50. The summed E-state index contributed by atoms with van der Waals surface area (Å²) in [4.78, 5) is 13.0. The van der Waals surface area contributed by atoms with Gasteiger partial charge in [0.05, 0.1) is 42.9 Å². The van der Waals surface area contributed by atoms with E-state index < -0.39 is 22.6 Å². The van der Waals surface area contributed by atoms with Crippen LogP contribution < -0.4 is 13.6 Å². The molecule has 0 saturated carbocycles. The predicted molar refractivity (Wildman–Crippen MR) is 146 cm³/mol. The molecule has 10 heteroatoms. The van der Waals surface area contributed by atoms with Crippen LogP contribution in [-0.2, 0) is 19.0 Å².